The SMILES string of the molecule is CN=C(NCCCN1CCCN(C)CC1)NCc1ccccc1OC.I. The third-order valence-corrected chi connectivity index (χ3v) is 4.62. The van der Waals surface area contributed by atoms with Gasteiger partial charge in [-0.3, -0.25) is 4.99 Å². The summed E-state index contributed by atoms with van der Waals surface area (Å²) in [5.74, 6) is 1.73. The van der Waals surface area contributed by atoms with E-state index in [1.165, 1.54) is 32.6 Å². The second-order valence-electron chi connectivity index (χ2n) is 6.52. The maximum Gasteiger partial charge on any atom is 0.191 e. The summed E-state index contributed by atoms with van der Waals surface area (Å²) in [4.78, 5) is 9.29. The van der Waals surface area contributed by atoms with E-state index in [0.717, 1.165) is 36.8 Å². The van der Waals surface area contributed by atoms with Gasteiger partial charge < -0.3 is 25.2 Å². The number of benzene rings is 1. The molecule has 0 amide bonds. The first kappa shape index (κ1) is 23.0. The Morgan fingerprint density at radius 1 is 1.15 bits per heavy atom. The van der Waals surface area contributed by atoms with Gasteiger partial charge in [-0.2, -0.15) is 0 Å². The van der Waals surface area contributed by atoms with E-state index in [2.05, 4.69) is 38.5 Å². The van der Waals surface area contributed by atoms with Crippen molar-refractivity contribution < 1.29 is 4.74 Å². The molecule has 26 heavy (non-hydrogen) atoms. The van der Waals surface area contributed by atoms with Gasteiger partial charge in [0.2, 0.25) is 0 Å². The molecule has 0 bridgehead atoms. The zero-order valence-corrected chi connectivity index (χ0v) is 18.7. The van der Waals surface area contributed by atoms with E-state index in [-0.39, 0.29) is 24.0 Å². The number of rotatable bonds is 7. The summed E-state index contributed by atoms with van der Waals surface area (Å²) >= 11 is 0. The molecule has 1 heterocycles. The number of hydrogen-bond donors (Lipinski definition) is 2. The molecule has 1 aromatic carbocycles. The number of methoxy groups -OCH3 is 1. The lowest BCUT2D eigenvalue weighted by Crippen LogP contribution is -2.38. The third kappa shape index (κ3) is 8.09. The fourth-order valence-corrected chi connectivity index (χ4v) is 3.08. The van der Waals surface area contributed by atoms with Crippen molar-refractivity contribution in [3.05, 3.63) is 29.8 Å². The normalized spacial score (nSPS) is 16.5. The van der Waals surface area contributed by atoms with Gasteiger partial charge in [0.05, 0.1) is 7.11 Å². The van der Waals surface area contributed by atoms with E-state index in [9.17, 15) is 0 Å². The molecule has 6 nitrogen and oxygen atoms in total. The van der Waals surface area contributed by atoms with Crippen molar-refractivity contribution >= 4 is 29.9 Å². The molecule has 0 spiro atoms. The van der Waals surface area contributed by atoms with Crippen LogP contribution in [-0.2, 0) is 6.54 Å². The fourth-order valence-electron chi connectivity index (χ4n) is 3.08. The molecule has 0 saturated carbocycles. The first-order valence-electron chi connectivity index (χ1n) is 9.20. The molecule has 7 heteroatoms. The summed E-state index contributed by atoms with van der Waals surface area (Å²) in [7, 11) is 5.72. The zero-order chi connectivity index (χ0) is 17.9. The van der Waals surface area contributed by atoms with E-state index in [4.69, 9.17) is 4.74 Å². The Morgan fingerprint density at radius 2 is 1.96 bits per heavy atom. The lowest BCUT2D eigenvalue weighted by atomic mass is 10.2. The smallest absolute Gasteiger partial charge is 0.191 e. The molecule has 1 aliphatic heterocycles. The van der Waals surface area contributed by atoms with Gasteiger partial charge in [-0.25, -0.2) is 0 Å². The summed E-state index contributed by atoms with van der Waals surface area (Å²) in [5, 5.41) is 6.76. The number of para-hydroxylation sites is 1. The second-order valence-corrected chi connectivity index (χ2v) is 6.52. The topological polar surface area (TPSA) is 52.1 Å². The highest BCUT2D eigenvalue weighted by molar-refractivity contribution is 14.0. The Labute approximate surface area is 175 Å². The standard InChI is InChI=1S/C19H33N5O.HI/c1-20-19(22-16-17-8-4-5-9-18(17)25-3)21-10-6-12-24-13-7-11-23(2)14-15-24;/h4-5,8-9H,6-7,10-16H2,1-3H3,(H2,20,21,22);1H. The average molecular weight is 475 g/mol. The number of nitrogens with zero attached hydrogens (tertiary/aromatic N) is 3. The largest absolute Gasteiger partial charge is 0.496 e. The molecule has 1 saturated heterocycles. The Hall–Kier alpha value is -1.06. The molecular formula is C19H34IN5O. The van der Waals surface area contributed by atoms with Gasteiger partial charge in [0, 0.05) is 38.8 Å². The summed E-state index contributed by atoms with van der Waals surface area (Å²) in [6, 6.07) is 8.05. The van der Waals surface area contributed by atoms with Crippen LogP contribution in [0.5, 0.6) is 5.75 Å². The van der Waals surface area contributed by atoms with Gasteiger partial charge in [0.15, 0.2) is 5.96 Å². The molecule has 148 valence electrons. The van der Waals surface area contributed by atoms with Gasteiger partial charge in [0.25, 0.3) is 0 Å². The minimum Gasteiger partial charge on any atom is -0.496 e. The number of aliphatic imine (C=N–C) groups is 1. The monoisotopic (exact) mass is 475 g/mol. The van der Waals surface area contributed by atoms with Crippen LogP contribution in [0.4, 0.5) is 0 Å². The molecule has 1 fully saturated rings. The van der Waals surface area contributed by atoms with Gasteiger partial charge >= 0.3 is 0 Å². The lowest BCUT2D eigenvalue weighted by Gasteiger charge is -2.20. The summed E-state index contributed by atoms with van der Waals surface area (Å²) in [5.41, 5.74) is 1.13. The van der Waals surface area contributed by atoms with Crippen molar-refractivity contribution in [1.29, 1.82) is 0 Å². The molecular weight excluding hydrogens is 441 g/mol. The predicted molar refractivity (Wildman–Crippen MR) is 120 cm³/mol. The van der Waals surface area contributed by atoms with Crippen molar-refractivity contribution in [2.24, 2.45) is 4.99 Å². The van der Waals surface area contributed by atoms with Crippen molar-refractivity contribution in [1.82, 2.24) is 20.4 Å². The van der Waals surface area contributed by atoms with Gasteiger partial charge in [-0.05, 0) is 45.6 Å². The first-order valence-corrected chi connectivity index (χ1v) is 9.20. The van der Waals surface area contributed by atoms with Crippen molar-refractivity contribution in [2.45, 2.75) is 19.4 Å². The van der Waals surface area contributed by atoms with Crippen LogP contribution in [0.1, 0.15) is 18.4 Å². The number of likely N-dealkylation sites (N-methyl/N-ethyl adjacent to an activating group) is 1. The van der Waals surface area contributed by atoms with E-state index in [1.807, 2.05) is 25.2 Å². The number of halogens is 1. The van der Waals surface area contributed by atoms with Gasteiger partial charge in [-0.1, -0.05) is 18.2 Å². The molecule has 2 N–H and O–H groups in total. The average Bonchev–Trinajstić information content (AvgIpc) is 2.85. The van der Waals surface area contributed by atoms with Crippen LogP contribution >= 0.6 is 24.0 Å². The van der Waals surface area contributed by atoms with Gasteiger partial charge in [-0.15, -0.1) is 24.0 Å². The number of ether oxygens (including phenoxy) is 1. The van der Waals surface area contributed by atoms with Crippen molar-refractivity contribution in [3.8, 4) is 5.75 Å². The lowest BCUT2D eigenvalue weighted by molar-refractivity contribution is 0.274. The minimum absolute atomic E-state index is 0. The van der Waals surface area contributed by atoms with Crippen molar-refractivity contribution in [3.63, 3.8) is 0 Å². The van der Waals surface area contributed by atoms with Gasteiger partial charge in [0.1, 0.15) is 5.75 Å². The van der Waals surface area contributed by atoms with E-state index < -0.39 is 0 Å². The van der Waals surface area contributed by atoms with Crippen molar-refractivity contribution in [2.75, 3.05) is 60.5 Å². The highest BCUT2D eigenvalue weighted by atomic mass is 127. The molecule has 1 aromatic rings. The molecule has 0 aliphatic carbocycles. The van der Waals surface area contributed by atoms with Crippen LogP contribution in [0.3, 0.4) is 0 Å². The Bertz CT molecular complexity index is 540. The van der Waals surface area contributed by atoms with E-state index in [1.54, 1.807) is 7.11 Å². The van der Waals surface area contributed by atoms with Crippen LogP contribution in [-0.4, -0.2) is 76.2 Å². The summed E-state index contributed by atoms with van der Waals surface area (Å²) < 4.78 is 5.39. The second kappa shape index (κ2) is 13.2. The van der Waals surface area contributed by atoms with Crippen LogP contribution in [0.25, 0.3) is 0 Å². The summed E-state index contributed by atoms with van der Waals surface area (Å²) in [6.07, 6.45) is 2.39. The Morgan fingerprint density at radius 3 is 2.73 bits per heavy atom. The molecule has 0 aromatic heterocycles. The molecule has 0 unspecified atom stereocenters. The molecule has 0 atom stereocenters. The highest BCUT2D eigenvalue weighted by Crippen LogP contribution is 2.16. The quantitative estimate of drug-likeness (QED) is 0.274. The molecule has 0 radical (unpaired) electrons. The third-order valence-electron chi connectivity index (χ3n) is 4.62. The van der Waals surface area contributed by atoms with Crippen LogP contribution in [0.2, 0.25) is 0 Å². The van der Waals surface area contributed by atoms with E-state index in [0.29, 0.717) is 6.54 Å². The predicted octanol–water partition coefficient (Wildman–Crippen LogP) is 2.01. The number of nitrogens with one attached hydrogen (secondary N) is 2. The minimum atomic E-state index is 0. The van der Waals surface area contributed by atoms with E-state index >= 15 is 0 Å². The first-order chi connectivity index (χ1) is 12.2. The Kier molecular flexibility index (Phi) is 11.6. The highest BCUT2D eigenvalue weighted by Gasteiger charge is 2.11. The molecule has 1 aliphatic rings. The summed E-state index contributed by atoms with van der Waals surface area (Å²) in [6.45, 7) is 7.55. The maximum atomic E-state index is 5.39. The zero-order valence-electron chi connectivity index (χ0n) is 16.3. The fraction of sp³-hybridized carbons (Fsp3) is 0.632. The number of hydrogen-bond acceptors (Lipinski definition) is 4. The van der Waals surface area contributed by atoms with Crippen LogP contribution < -0.4 is 15.4 Å². The molecule has 2 rings (SSSR count). The van der Waals surface area contributed by atoms with Crippen LogP contribution in [0, 0.1) is 0 Å². The maximum absolute atomic E-state index is 5.39. The van der Waals surface area contributed by atoms with Crippen LogP contribution in [0.15, 0.2) is 29.3 Å². The number of guanidine groups is 1. The Balaban J connectivity index is 0.00000338.